The van der Waals surface area contributed by atoms with Crippen molar-refractivity contribution in [1.29, 1.82) is 0 Å². The van der Waals surface area contributed by atoms with Crippen molar-refractivity contribution in [3.05, 3.63) is 82.9 Å². The molecule has 4 rings (SSSR count). The number of carboxylic acid groups (broad SMARTS) is 2. The van der Waals surface area contributed by atoms with Crippen LogP contribution in [0, 0.1) is 0 Å². The molecule has 4 aromatic carbocycles. The third-order valence-electron chi connectivity index (χ3n) is 6.31. The second-order valence-electron chi connectivity index (χ2n) is 9.75. The van der Waals surface area contributed by atoms with Crippen LogP contribution in [0.25, 0.3) is 12.2 Å². The van der Waals surface area contributed by atoms with Crippen molar-refractivity contribution in [3.63, 3.8) is 0 Å². The Balaban J connectivity index is 0.00000650. The summed E-state index contributed by atoms with van der Waals surface area (Å²) in [6.45, 7) is 0. The van der Waals surface area contributed by atoms with Crippen LogP contribution >= 0.6 is 0 Å². The van der Waals surface area contributed by atoms with Gasteiger partial charge in [-0.1, -0.05) is 24.3 Å². The maximum atomic E-state index is 12.2. The van der Waals surface area contributed by atoms with Gasteiger partial charge in [0.05, 0.1) is 33.9 Å². The zero-order valence-electron chi connectivity index (χ0n) is 24.8. The first kappa shape index (κ1) is 37.9. The van der Waals surface area contributed by atoms with Crippen molar-refractivity contribution in [3.8, 4) is 0 Å². The molecule has 12 N–H and O–H groups in total. The molecule has 18 nitrogen and oxygen atoms in total. The topological polar surface area (TPSA) is 337 Å². The molecule has 0 aliphatic rings. The van der Waals surface area contributed by atoms with Crippen LogP contribution in [0.15, 0.2) is 90.9 Å². The zero-order valence-corrected chi connectivity index (χ0v) is 29.4. The Morgan fingerprint density at radius 2 is 0.918 bits per heavy atom. The number of benzene rings is 4. The summed E-state index contributed by atoms with van der Waals surface area (Å²) in [5, 5.41) is 34.1. The maximum Gasteiger partial charge on any atom is 2.00 e. The predicted molar refractivity (Wildman–Crippen MR) is 174 cm³/mol. The van der Waals surface area contributed by atoms with Crippen LogP contribution in [0.2, 0.25) is 0 Å². The fourth-order valence-corrected chi connectivity index (χ4v) is 5.60. The van der Waals surface area contributed by atoms with E-state index in [-0.39, 0.29) is 87.2 Å². The first-order valence-electron chi connectivity index (χ1n) is 12.9. The summed E-state index contributed by atoms with van der Waals surface area (Å²) in [4.78, 5) is 21.8. The van der Waals surface area contributed by atoms with Gasteiger partial charge in [0.15, 0.2) is 0 Å². The molecule has 0 radical (unpaired) electrons. The number of carbonyl (C=O) groups is 2. The molecule has 0 fully saturated rings. The van der Waals surface area contributed by atoms with Crippen LogP contribution in [-0.2, 0) is 39.7 Å². The number of nitrogens with two attached hydrogens (primary N) is 4. The normalized spacial score (nSPS) is 12.0. The fourth-order valence-electron chi connectivity index (χ4n) is 4.20. The molecule has 248 valence electrons. The summed E-state index contributed by atoms with van der Waals surface area (Å²) in [5.74, 6) is -2.80. The number of nitrogens with zero attached hydrogens (tertiary/aromatic N) is 4. The number of azo groups is 2. The minimum Gasteiger partial charge on any atom is -0.478 e. The van der Waals surface area contributed by atoms with Gasteiger partial charge in [0, 0.05) is 11.4 Å². The molecule has 0 aliphatic heterocycles. The molecule has 21 heteroatoms. The molecule has 4 aromatic rings. The van der Waals surface area contributed by atoms with E-state index < -0.39 is 42.0 Å². The summed E-state index contributed by atoms with van der Waals surface area (Å²) in [7, 11) is -9.83. The molecule has 0 aliphatic carbocycles. The zero-order chi connectivity index (χ0) is 35.6. The average molecular weight is 762 g/mol. The van der Waals surface area contributed by atoms with E-state index in [1.54, 1.807) is 0 Å². The van der Waals surface area contributed by atoms with Gasteiger partial charge in [0.2, 0.25) is 0 Å². The largest absolute Gasteiger partial charge is 2.00 e. The van der Waals surface area contributed by atoms with E-state index in [0.29, 0.717) is 0 Å². The average Bonchev–Trinajstić information content (AvgIpc) is 2.97. The Kier molecular flexibility index (Phi) is 11.3. The fraction of sp³-hybridized carbons (Fsp3) is 0. The van der Waals surface area contributed by atoms with E-state index in [1.807, 2.05) is 0 Å². The van der Waals surface area contributed by atoms with Crippen LogP contribution in [0.1, 0.15) is 31.8 Å². The van der Waals surface area contributed by atoms with Crippen molar-refractivity contribution in [2.45, 2.75) is 9.79 Å². The van der Waals surface area contributed by atoms with E-state index in [1.165, 1.54) is 36.4 Å². The van der Waals surface area contributed by atoms with Crippen molar-refractivity contribution in [2.75, 3.05) is 22.9 Å². The third-order valence-corrected chi connectivity index (χ3v) is 8.13. The first-order chi connectivity index (χ1) is 22.3. The van der Waals surface area contributed by atoms with Gasteiger partial charge in [-0.2, -0.15) is 27.1 Å². The third kappa shape index (κ3) is 9.06. The molecule has 0 bridgehead atoms. The summed E-state index contributed by atoms with van der Waals surface area (Å²) in [6, 6.07) is 11.4. The van der Waals surface area contributed by atoms with Crippen molar-refractivity contribution < 1.29 is 65.2 Å². The van der Waals surface area contributed by atoms with Crippen LogP contribution in [0.4, 0.5) is 45.5 Å². The summed E-state index contributed by atoms with van der Waals surface area (Å²) in [6.07, 6.45) is 2.23. The van der Waals surface area contributed by atoms with E-state index in [2.05, 4.69) is 20.5 Å². The van der Waals surface area contributed by atoms with Gasteiger partial charge in [0.1, 0.15) is 21.2 Å². The van der Waals surface area contributed by atoms with Gasteiger partial charge in [-0.25, -0.2) is 9.59 Å². The maximum absolute atomic E-state index is 12.2. The van der Waals surface area contributed by atoms with Gasteiger partial charge in [-0.05, 0) is 59.7 Å². The van der Waals surface area contributed by atoms with Crippen LogP contribution in [0.5, 0.6) is 0 Å². The SMILES string of the molecule is Nc1cc(N)c(N=Nc2ccc(/C=C\c3ccc(N=Nc4c(N)cc(N)cc4C(=O)O)cc3S(=O)(=O)O)c(S(=O)(=O)O)c2)c(C(=O)O)c1.[Zn+2]. The predicted octanol–water partition coefficient (Wildman–Crippen LogP) is 4.90. The first-order valence-corrected chi connectivity index (χ1v) is 15.8. The van der Waals surface area contributed by atoms with Gasteiger partial charge < -0.3 is 33.1 Å². The number of anilines is 4. The molecule has 0 unspecified atom stereocenters. The number of nitrogen functional groups attached to an aromatic ring is 4. The van der Waals surface area contributed by atoms with Gasteiger partial charge >= 0.3 is 31.4 Å². The van der Waals surface area contributed by atoms with E-state index in [0.717, 1.165) is 36.4 Å². The Labute approximate surface area is 290 Å². The summed E-state index contributed by atoms with van der Waals surface area (Å²) < 4.78 is 68.6. The second-order valence-corrected chi connectivity index (χ2v) is 12.5. The molecule has 49 heavy (non-hydrogen) atoms. The molecule has 0 spiro atoms. The number of aromatic carboxylic acids is 2. The molecule has 0 saturated carbocycles. The van der Waals surface area contributed by atoms with Crippen LogP contribution < -0.4 is 22.9 Å². The number of carboxylic acids is 2. The minimum absolute atomic E-state index is 0. The van der Waals surface area contributed by atoms with Crippen molar-refractivity contribution in [1.82, 2.24) is 0 Å². The van der Waals surface area contributed by atoms with Gasteiger partial charge in [0.25, 0.3) is 20.2 Å². The molecule has 0 saturated heterocycles. The molecular weight excluding hydrogens is 738 g/mol. The molecule has 0 aromatic heterocycles. The Morgan fingerprint density at radius 1 is 0.571 bits per heavy atom. The molecule has 0 amide bonds. The summed E-state index contributed by atoms with van der Waals surface area (Å²) in [5.41, 5.74) is 20.9. The van der Waals surface area contributed by atoms with Crippen molar-refractivity contribution in [2.24, 2.45) is 20.5 Å². The Morgan fingerprint density at radius 3 is 1.22 bits per heavy atom. The van der Waals surface area contributed by atoms with E-state index in [9.17, 15) is 45.7 Å². The minimum atomic E-state index is -4.92. The second kappa shape index (κ2) is 14.7. The van der Waals surface area contributed by atoms with Gasteiger partial charge in [-0.15, -0.1) is 10.2 Å². The monoisotopic (exact) mass is 760 g/mol. The van der Waals surface area contributed by atoms with Crippen LogP contribution in [0.3, 0.4) is 0 Å². The Bertz CT molecular complexity index is 2150. The molecular formula is C28H24N8O10S2Zn+2. The molecule has 0 heterocycles. The quantitative estimate of drug-likeness (QED) is 0.0350. The standard InChI is InChI=1S/C28H24N8O10S2.Zn/c29-15-7-19(27(37)38)25(21(31)9-15)35-33-17-5-3-13(23(11-17)47(41,42)43)1-2-14-4-6-18(12-24(14)48(44,45)46)34-36-26-20(28(39)40)8-16(30)10-22(26)32;/h1-12H,29-32H2,(H,37,38)(H,39,40)(H,41,42,43)(H,44,45,46);/q;+2/b2-1-,35-33?,36-34?;. The number of hydrogen-bond donors (Lipinski definition) is 8. The number of hydrogen-bond acceptors (Lipinski definition) is 14. The molecule has 0 atom stereocenters. The van der Waals surface area contributed by atoms with Gasteiger partial charge in [-0.3, -0.25) is 9.11 Å². The van der Waals surface area contributed by atoms with E-state index >= 15 is 0 Å². The van der Waals surface area contributed by atoms with Crippen molar-refractivity contribution >= 4 is 89.8 Å². The number of rotatable bonds is 10. The van der Waals surface area contributed by atoms with Crippen LogP contribution in [-0.4, -0.2) is 48.1 Å². The Hall–Kier alpha value is -5.60. The summed E-state index contributed by atoms with van der Waals surface area (Å²) >= 11 is 0. The van der Waals surface area contributed by atoms with E-state index in [4.69, 9.17) is 22.9 Å². The smallest absolute Gasteiger partial charge is 0.478 e.